The molecule has 0 amide bonds. The van der Waals surface area contributed by atoms with Crippen molar-refractivity contribution in [2.24, 2.45) is 0 Å². The summed E-state index contributed by atoms with van der Waals surface area (Å²) in [6, 6.07) is 6.40. The largest absolute Gasteiger partial charge is 0.479 e. The number of methoxy groups -OCH3 is 1. The van der Waals surface area contributed by atoms with Crippen molar-refractivity contribution < 1.29 is 17.9 Å². The van der Waals surface area contributed by atoms with E-state index >= 15 is 0 Å². The average molecular weight is 375 g/mol. The molecule has 0 bridgehead atoms. The summed E-state index contributed by atoms with van der Waals surface area (Å²) in [6.45, 7) is 0. The van der Waals surface area contributed by atoms with Crippen molar-refractivity contribution in [2.75, 3.05) is 26.1 Å². The molecule has 0 atom stereocenters. The Bertz CT molecular complexity index is 942. The molecular weight excluding hydrogens is 359 g/mol. The van der Waals surface area contributed by atoms with Crippen LogP contribution in [0.1, 0.15) is 5.56 Å². The molecule has 3 rings (SSSR count). The minimum absolute atomic E-state index is 0.276. The summed E-state index contributed by atoms with van der Waals surface area (Å²) in [5.41, 5.74) is 0.592. The molecule has 9 heteroatoms. The van der Waals surface area contributed by atoms with E-state index in [1.165, 1.54) is 31.6 Å². The Morgan fingerprint density at radius 3 is 2.22 bits per heavy atom. The Hall–Kier alpha value is -3.23. The van der Waals surface area contributed by atoms with Gasteiger partial charge in [0.1, 0.15) is 11.5 Å². The number of anilines is 1. The van der Waals surface area contributed by atoms with Gasteiger partial charge >= 0.3 is 6.18 Å². The molecule has 1 aromatic carbocycles. The predicted octanol–water partition coefficient (Wildman–Crippen LogP) is 3.69. The summed E-state index contributed by atoms with van der Waals surface area (Å²) >= 11 is 0. The van der Waals surface area contributed by atoms with Gasteiger partial charge in [0, 0.05) is 38.1 Å². The molecule has 0 saturated heterocycles. The maximum Gasteiger partial charge on any atom is 0.416 e. The first-order chi connectivity index (χ1) is 12.8. The number of hydrogen-bond donors (Lipinski definition) is 0. The van der Waals surface area contributed by atoms with Crippen molar-refractivity contribution in [1.82, 2.24) is 19.9 Å². The van der Waals surface area contributed by atoms with Crippen LogP contribution in [0.15, 0.2) is 42.7 Å². The summed E-state index contributed by atoms with van der Waals surface area (Å²) in [5, 5.41) is 0. The Balaban J connectivity index is 2.12. The molecule has 0 aliphatic carbocycles. The lowest BCUT2D eigenvalue weighted by atomic mass is 10.1. The Morgan fingerprint density at radius 1 is 0.963 bits per heavy atom. The van der Waals surface area contributed by atoms with Gasteiger partial charge in [-0.2, -0.15) is 13.2 Å². The number of rotatable bonds is 4. The lowest BCUT2D eigenvalue weighted by Gasteiger charge is -2.15. The molecule has 2 heterocycles. The fourth-order valence-electron chi connectivity index (χ4n) is 2.37. The second-order valence-corrected chi connectivity index (χ2v) is 5.82. The molecule has 140 valence electrons. The second kappa shape index (κ2) is 7.18. The predicted molar refractivity (Wildman–Crippen MR) is 94.4 cm³/mol. The van der Waals surface area contributed by atoms with Crippen LogP contribution in [0, 0.1) is 0 Å². The van der Waals surface area contributed by atoms with Crippen LogP contribution in [-0.4, -0.2) is 41.1 Å². The zero-order valence-corrected chi connectivity index (χ0v) is 14.8. The zero-order chi connectivity index (χ0) is 19.6. The normalized spacial score (nSPS) is 11.3. The van der Waals surface area contributed by atoms with Gasteiger partial charge in [0.2, 0.25) is 5.88 Å². The first-order valence-corrected chi connectivity index (χ1v) is 7.89. The number of nitrogens with zero attached hydrogens (tertiary/aromatic N) is 5. The fourth-order valence-corrected chi connectivity index (χ4v) is 2.37. The van der Waals surface area contributed by atoms with E-state index in [0.29, 0.717) is 28.6 Å². The number of hydrogen-bond acceptors (Lipinski definition) is 6. The molecule has 0 unspecified atom stereocenters. The van der Waals surface area contributed by atoms with E-state index in [0.717, 1.165) is 12.1 Å². The van der Waals surface area contributed by atoms with Crippen LogP contribution in [0.3, 0.4) is 0 Å². The van der Waals surface area contributed by atoms with Crippen LogP contribution >= 0.6 is 0 Å². The van der Waals surface area contributed by atoms with Gasteiger partial charge in [-0.1, -0.05) is 12.1 Å². The summed E-state index contributed by atoms with van der Waals surface area (Å²) in [6.07, 6.45) is -1.40. The molecule has 0 N–H and O–H groups in total. The van der Waals surface area contributed by atoms with Crippen molar-refractivity contribution >= 4 is 5.82 Å². The van der Waals surface area contributed by atoms with Crippen LogP contribution < -0.4 is 9.64 Å². The highest BCUT2D eigenvalue weighted by atomic mass is 19.4. The third-order valence-corrected chi connectivity index (χ3v) is 3.74. The van der Waals surface area contributed by atoms with Gasteiger partial charge in [0.15, 0.2) is 11.5 Å². The Morgan fingerprint density at radius 2 is 1.63 bits per heavy atom. The maximum absolute atomic E-state index is 12.8. The SMILES string of the molecule is COc1nccnc1-c1cc(N(C)C)nc(-c2ccc(C(F)(F)F)cc2)n1. The molecule has 0 aliphatic heterocycles. The van der Waals surface area contributed by atoms with E-state index in [9.17, 15) is 13.2 Å². The Labute approximate surface area is 153 Å². The van der Waals surface area contributed by atoms with Gasteiger partial charge in [-0.05, 0) is 12.1 Å². The number of aromatic nitrogens is 4. The molecular formula is C18H16F3N5O. The fraction of sp³-hybridized carbons (Fsp3) is 0.222. The van der Waals surface area contributed by atoms with Crippen LogP contribution in [0.25, 0.3) is 22.8 Å². The van der Waals surface area contributed by atoms with Crippen LogP contribution in [0.5, 0.6) is 5.88 Å². The first kappa shape index (κ1) is 18.6. The summed E-state index contributed by atoms with van der Waals surface area (Å²) < 4.78 is 43.6. The molecule has 27 heavy (non-hydrogen) atoms. The quantitative estimate of drug-likeness (QED) is 0.693. The highest BCUT2D eigenvalue weighted by Gasteiger charge is 2.30. The van der Waals surface area contributed by atoms with Crippen molar-refractivity contribution in [3.8, 4) is 28.7 Å². The molecule has 3 aromatic rings. The molecule has 6 nitrogen and oxygen atoms in total. The van der Waals surface area contributed by atoms with Gasteiger partial charge in [-0.15, -0.1) is 0 Å². The molecule has 0 fully saturated rings. The average Bonchev–Trinajstić information content (AvgIpc) is 2.67. The van der Waals surface area contributed by atoms with E-state index in [1.54, 1.807) is 25.1 Å². The number of alkyl halides is 3. The lowest BCUT2D eigenvalue weighted by molar-refractivity contribution is -0.137. The van der Waals surface area contributed by atoms with Gasteiger partial charge < -0.3 is 9.64 Å². The molecule has 0 aliphatic rings. The zero-order valence-electron chi connectivity index (χ0n) is 14.8. The van der Waals surface area contributed by atoms with Crippen LogP contribution in [0.4, 0.5) is 19.0 Å². The molecule has 2 aromatic heterocycles. The van der Waals surface area contributed by atoms with E-state index in [4.69, 9.17) is 4.74 Å². The van der Waals surface area contributed by atoms with Gasteiger partial charge in [-0.25, -0.2) is 19.9 Å². The topological polar surface area (TPSA) is 64.0 Å². The maximum atomic E-state index is 12.8. The number of halogens is 3. The third kappa shape index (κ3) is 3.97. The molecule has 0 spiro atoms. The summed E-state index contributed by atoms with van der Waals surface area (Å²) in [4.78, 5) is 19.0. The third-order valence-electron chi connectivity index (χ3n) is 3.74. The first-order valence-electron chi connectivity index (χ1n) is 7.89. The van der Waals surface area contributed by atoms with Crippen molar-refractivity contribution in [3.05, 3.63) is 48.3 Å². The van der Waals surface area contributed by atoms with E-state index in [2.05, 4.69) is 19.9 Å². The Kier molecular flexibility index (Phi) is 4.93. The summed E-state index contributed by atoms with van der Waals surface area (Å²) in [7, 11) is 5.07. The van der Waals surface area contributed by atoms with Gasteiger partial charge in [0.25, 0.3) is 0 Å². The molecule has 0 radical (unpaired) electrons. The van der Waals surface area contributed by atoms with Crippen molar-refractivity contribution in [1.29, 1.82) is 0 Å². The highest BCUT2D eigenvalue weighted by molar-refractivity contribution is 5.68. The minimum Gasteiger partial charge on any atom is -0.479 e. The van der Waals surface area contributed by atoms with Gasteiger partial charge in [0.05, 0.1) is 12.7 Å². The number of benzene rings is 1. The highest BCUT2D eigenvalue weighted by Crippen LogP contribution is 2.32. The lowest BCUT2D eigenvalue weighted by Crippen LogP contribution is -2.12. The van der Waals surface area contributed by atoms with E-state index in [-0.39, 0.29) is 5.82 Å². The second-order valence-electron chi connectivity index (χ2n) is 5.82. The van der Waals surface area contributed by atoms with E-state index in [1.807, 2.05) is 0 Å². The monoisotopic (exact) mass is 375 g/mol. The van der Waals surface area contributed by atoms with Crippen LogP contribution in [0.2, 0.25) is 0 Å². The van der Waals surface area contributed by atoms with Gasteiger partial charge in [-0.3, -0.25) is 0 Å². The minimum atomic E-state index is -4.40. The number of ether oxygens (including phenoxy) is 1. The summed E-state index contributed by atoms with van der Waals surface area (Å²) in [5.74, 6) is 1.14. The van der Waals surface area contributed by atoms with E-state index < -0.39 is 11.7 Å². The standard InChI is InChI=1S/C18H16F3N5O/c1-26(2)14-10-13(15-17(27-3)23-9-8-22-15)24-16(25-14)11-4-6-12(7-5-11)18(19,20)21/h4-10H,1-3H3. The van der Waals surface area contributed by atoms with Crippen LogP contribution in [-0.2, 0) is 6.18 Å². The van der Waals surface area contributed by atoms with Crippen molar-refractivity contribution in [2.45, 2.75) is 6.18 Å². The van der Waals surface area contributed by atoms with Crippen molar-refractivity contribution in [3.63, 3.8) is 0 Å². The molecule has 0 saturated carbocycles. The smallest absolute Gasteiger partial charge is 0.416 e.